The molecule has 0 fully saturated rings. The van der Waals surface area contributed by atoms with Crippen LogP contribution in [-0.2, 0) is 0 Å². The van der Waals surface area contributed by atoms with Crippen molar-refractivity contribution < 1.29 is 0 Å². The first-order chi connectivity index (χ1) is 6.65. The normalized spacial score (nSPS) is 11.8. The number of rotatable bonds is 3. The fourth-order valence-electron chi connectivity index (χ4n) is 0.979. The Balaban J connectivity index is 2.91. The predicted octanol–water partition coefficient (Wildman–Crippen LogP) is 3.22. The molecule has 0 heterocycles. The van der Waals surface area contributed by atoms with Crippen molar-refractivity contribution in [3.05, 3.63) is 33.3 Å². The van der Waals surface area contributed by atoms with E-state index >= 15 is 0 Å². The van der Waals surface area contributed by atoms with Crippen LogP contribution in [0, 0.1) is 0 Å². The molecule has 0 aliphatic carbocycles. The molecule has 0 atom stereocenters. The number of nitrogens with zero attached hydrogens (tertiary/aromatic N) is 1. The van der Waals surface area contributed by atoms with Gasteiger partial charge in [0.25, 0.3) is 0 Å². The third-order valence-electron chi connectivity index (χ3n) is 1.72. The highest BCUT2D eigenvalue weighted by Crippen LogP contribution is 2.22. The molecule has 14 heavy (non-hydrogen) atoms. The molecule has 0 saturated carbocycles. The van der Waals surface area contributed by atoms with Crippen molar-refractivity contribution in [2.75, 3.05) is 6.54 Å². The zero-order valence-corrected chi connectivity index (χ0v) is 10.3. The van der Waals surface area contributed by atoms with Crippen LogP contribution in [0.3, 0.4) is 0 Å². The molecule has 0 saturated heterocycles. The molecule has 76 valence electrons. The lowest BCUT2D eigenvalue weighted by atomic mass is 10.2. The first-order valence-corrected chi connectivity index (χ1v) is 5.57. The molecule has 0 radical (unpaired) electrons. The minimum absolute atomic E-state index is 0.559. The summed E-state index contributed by atoms with van der Waals surface area (Å²) in [6, 6.07) is 5.54. The summed E-state index contributed by atoms with van der Waals surface area (Å²) in [6.07, 6.45) is 0.995. The number of aliphatic imine (C=N–C) groups is 1. The Labute approximate surface area is 97.3 Å². The van der Waals surface area contributed by atoms with Gasteiger partial charge < -0.3 is 5.73 Å². The smallest absolute Gasteiger partial charge is 0.125 e. The van der Waals surface area contributed by atoms with Crippen LogP contribution in [0.1, 0.15) is 18.9 Å². The Hall–Kier alpha value is -0.540. The van der Waals surface area contributed by atoms with Gasteiger partial charge in [-0.1, -0.05) is 18.5 Å². The molecule has 1 rings (SSSR count). The van der Waals surface area contributed by atoms with Gasteiger partial charge >= 0.3 is 0 Å². The van der Waals surface area contributed by atoms with Crippen molar-refractivity contribution in [1.82, 2.24) is 0 Å². The van der Waals surface area contributed by atoms with Gasteiger partial charge in [-0.2, -0.15) is 0 Å². The van der Waals surface area contributed by atoms with Crippen molar-refractivity contribution in [3.8, 4) is 0 Å². The van der Waals surface area contributed by atoms with E-state index in [9.17, 15) is 0 Å². The van der Waals surface area contributed by atoms with Crippen LogP contribution < -0.4 is 5.73 Å². The number of amidine groups is 1. The molecule has 2 nitrogen and oxygen atoms in total. The number of hydrogen-bond donors (Lipinski definition) is 1. The number of hydrogen-bond acceptors (Lipinski definition) is 1. The van der Waals surface area contributed by atoms with Crippen LogP contribution in [0.5, 0.6) is 0 Å². The molecular formula is C10H12BrClN2. The summed E-state index contributed by atoms with van der Waals surface area (Å²) in [5.74, 6) is 0.559. The van der Waals surface area contributed by atoms with E-state index in [0.29, 0.717) is 10.9 Å². The molecule has 0 aliphatic rings. The second kappa shape index (κ2) is 5.37. The molecule has 1 aromatic rings. The fraction of sp³-hybridized carbons (Fsp3) is 0.300. The van der Waals surface area contributed by atoms with Gasteiger partial charge in [0.05, 0.1) is 5.02 Å². The van der Waals surface area contributed by atoms with E-state index in [1.807, 2.05) is 12.1 Å². The maximum Gasteiger partial charge on any atom is 0.125 e. The Morgan fingerprint density at radius 3 is 2.86 bits per heavy atom. The van der Waals surface area contributed by atoms with Gasteiger partial charge in [-0.25, -0.2) is 0 Å². The highest BCUT2D eigenvalue weighted by molar-refractivity contribution is 9.10. The minimum atomic E-state index is 0.559. The van der Waals surface area contributed by atoms with Gasteiger partial charge in [0.2, 0.25) is 0 Å². The summed E-state index contributed by atoms with van der Waals surface area (Å²) >= 11 is 9.20. The van der Waals surface area contributed by atoms with Crippen LogP contribution in [0.2, 0.25) is 5.02 Å². The van der Waals surface area contributed by atoms with Gasteiger partial charge in [-0.3, -0.25) is 4.99 Å². The summed E-state index contributed by atoms with van der Waals surface area (Å²) in [5.41, 5.74) is 6.68. The maximum atomic E-state index is 5.86. The van der Waals surface area contributed by atoms with Crippen LogP contribution in [0.15, 0.2) is 27.7 Å². The van der Waals surface area contributed by atoms with E-state index in [4.69, 9.17) is 17.3 Å². The molecule has 0 aliphatic heterocycles. The Bertz CT molecular complexity index is 350. The number of nitrogens with two attached hydrogens (primary N) is 1. The van der Waals surface area contributed by atoms with Crippen LogP contribution in [-0.4, -0.2) is 12.4 Å². The monoisotopic (exact) mass is 274 g/mol. The second-order valence-electron chi connectivity index (χ2n) is 2.90. The minimum Gasteiger partial charge on any atom is -0.384 e. The molecule has 0 unspecified atom stereocenters. The average Bonchev–Trinajstić information content (AvgIpc) is 2.18. The van der Waals surface area contributed by atoms with E-state index in [1.54, 1.807) is 6.07 Å². The Morgan fingerprint density at radius 1 is 1.57 bits per heavy atom. The standard InChI is InChI=1S/C10H12BrClN2/c1-2-5-14-10(13)7-3-4-9(12)8(11)6-7/h3-4,6H,2,5H2,1H3,(H2,13,14). The zero-order chi connectivity index (χ0) is 10.6. The van der Waals surface area contributed by atoms with Crippen LogP contribution in [0.4, 0.5) is 0 Å². The summed E-state index contributed by atoms with van der Waals surface area (Å²) in [4.78, 5) is 4.21. The molecule has 0 spiro atoms. The molecule has 0 aromatic heterocycles. The maximum absolute atomic E-state index is 5.86. The van der Waals surface area contributed by atoms with Crippen LogP contribution in [0.25, 0.3) is 0 Å². The van der Waals surface area contributed by atoms with Gasteiger partial charge in [0.1, 0.15) is 5.84 Å². The highest BCUT2D eigenvalue weighted by atomic mass is 79.9. The molecular weight excluding hydrogens is 263 g/mol. The third-order valence-corrected chi connectivity index (χ3v) is 2.94. The van der Waals surface area contributed by atoms with Crippen molar-refractivity contribution >= 4 is 33.4 Å². The molecule has 4 heteroatoms. The highest BCUT2D eigenvalue weighted by Gasteiger charge is 2.01. The number of halogens is 2. The first-order valence-electron chi connectivity index (χ1n) is 4.40. The van der Waals surface area contributed by atoms with Crippen molar-refractivity contribution in [2.45, 2.75) is 13.3 Å². The lowest BCUT2D eigenvalue weighted by molar-refractivity contribution is 0.930. The lowest BCUT2D eigenvalue weighted by Crippen LogP contribution is -2.13. The Morgan fingerprint density at radius 2 is 2.29 bits per heavy atom. The largest absolute Gasteiger partial charge is 0.384 e. The summed E-state index contributed by atoms with van der Waals surface area (Å²) in [7, 11) is 0. The van der Waals surface area contributed by atoms with Gasteiger partial charge in [0, 0.05) is 16.6 Å². The van der Waals surface area contributed by atoms with E-state index in [-0.39, 0.29) is 0 Å². The second-order valence-corrected chi connectivity index (χ2v) is 4.16. The summed E-state index contributed by atoms with van der Waals surface area (Å²) < 4.78 is 0.839. The van der Waals surface area contributed by atoms with Gasteiger partial charge in [0.15, 0.2) is 0 Å². The summed E-state index contributed by atoms with van der Waals surface area (Å²) in [5, 5.41) is 0.678. The SMILES string of the molecule is CCCN=C(N)c1ccc(Cl)c(Br)c1. The van der Waals surface area contributed by atoms with E-state index in [2.05, 4.69) is 27.8 Å². The fourth-order valence-corrected chi connectivity index (χ4v) is 1.48. The topological polar surface area (TPSA) is 38.4 Å². The quantitative estimate of drug-likeness (QED) is 0.667. The van der Waals surface area contributed by atoms with Crippen LogP contribution >= 0.6 is 27.5 Å². The molecule has 1 aromatic carbocycles. The van der Waals surface area contributed by atoms with Crippen molar-refractivity contribution in [1.29, 1.82) is 0 Å². The third kappa shape index (κ3) is 3.00. The molecule has 0 bridgehead atoms. The summed E-state index contributed by atoms with van der Waals surface area (Å²) in [6.45, 7) is 2.82. The lowest BCUT2D eigenvalue weighted by Gasteiger charge is -2.02. The van der Waals surface area contributed by atoms with E-state index in [1.165, 1.54) is 0 Å². The average molecular weight is 276 g/mol. The van der Waals surface area contributed by atoms with Gasteiger partial charge in [-0.05, 0) is 40.5 Å². The van der Waals surface area contributed by atoms with Crippen molar-refractivity contribution in [2.24, 2.45) is 10.7 Å². The number of benzene rings is 1. The first kappa shape index (κ1) is 11.5. The van der Waals surface area contributed by atoms with Gasteiger partial charge in [-0.15, -0.1) is 0 Å². The predicted molar refractivity (Wildman–Crippen MR) is 65.0 cm³/mol. The zero-order valence-electron chi connectivity index (χ0n) is 7.93. The van der Waals surface area contributed by atoms with E-state index in [0.717, 1.165) is 23.0 Å². The van der Waals surface area contributed by atoms with Crippen molar-refractivity contribution in [3.63, 3.8) is 0 Å². The van der Waals surface area contributed by atoms with E-state index < -0.39 is 0 Å². The molecule has 0 amide bonds. The Kier molecular flexibility index (Phi) is 4.42. The molecule has 2 N–H and O–H groups in total.